The van der Waals surface area contributed by atoms with Crippen LogP contribution in [0.4, 0.5) is 0 Å². The monoisotopic (exact) mass is 340 g/mol. The molecule has 3 aromatic rings. The Hall–Kier alpha value is -2.80. The van der Waals surface area contributed by atoms with Crippen molar-refractivity contribution < 1.29 is 4.74 Å². The Bertz CT molecular complexity index is 1070. The van der Waals surface area contributed by atoms with Gasteiger partial charge in [0.1, 0.15) is 11.5 Å². The highest BCUT2D eigenvalue weighted by atomic mass is 16.5. The summed E-state index contributed by atoms with van der Waals surface area (Å²) in [6.07, 6.45) is 1.02. The molecule has 1 heteroatoms. The van der Waals surface area contributed by atoms with Crippen LogP contribution in [0.5, 0.6) is 11.5 Å². The van der Waals surface area contributed by atoms with Gasteiger partial charge in [0.05, 0.1) is 0 Å². The lowest BCUT2D eigenvalue weighted by atomic mass is 9.86. The van der Waals surface area contributed by atoms with E-state index < -0.39 is 0 Å². The molecule has 1 aliphatic heterocycles. The Balaban J connectivity index is 1.96. The first-order valence-electron chi connectivity index (χ1n) is 9.11. The molecule has 0 spiro atoms. The minimum Gasteiger partial charge on any atom is -0.456 e. The van der Waals surface area contributed by atoms with Gasteiger partial charge in [-0.15, -0.1) is 0 Å². The normalized spacial score (nSPS) is 13.0. The second-order valence-electron chi connectivity index (χ2n) is 8.24. The van der Waals surface area contributed by atoms with Crippen molar-refractivity contribution in [1.82, 2.24) is 0 Å². The van der Waals surface area contributed by atoms with Gasteiger partial charge in [0.25, 0.3) is 0 Å². The zero-order valence-electron chi connectivity index (χ0n) is 15.7. The third-order valence-electron chi connectivity index (χ3n) is 4.65. The molecule has 0 amide bonds. The van der Waals surface area contributed by atoms with Gasteiger partial charge in [0, 0.05) is 16.4 Å². The second-order valence-corrected chi connectivity index (χ2v) is 8.24. The van der Waals surface area contributed by atoms with E-state index in [4.69, 9.17) is 4.74 Å². The van der Waals surface area contributed by atoms with Crippen LogP contribution in [-0.2, 0) is 6.42 Å². The maximum atomic E-state index is 6.30. The molecule has 0 saturated heterocycles. The fourth-order valence-electron chi connectivity index (χ4n) is 3.62. The lowest BCUT2D eigenvalue weighted by molar-refractivity contribution is 0.409. The molecule has 0 aliphatic carbocycles. The summed E-state index contributed by atoms with van der Waals surface area (Å²) in [5, 5.41) is 2.09. The van der Waals surface area contributed by atoms with Crippen LogP contribution < -0.4 is 15.2 Å². The van der Waals surface area contributed by atoms with Gasteiger partial charge >= 0.3 is 0 Å². The Morgan fingerprint density at radius 1 is 0.846 bits per heavy atom. The maximum Gasteiger partial charge on any atom is 0.135 e. The quantitative estimate of drug-likeness (QED) is 0.497. The largest absolute Gasteiger partial charge is 0.456 e. The Morgan fingerprint density at radius 3 is 2.35 bits per heavy atom. The fourth-order valence-corrected chi connectivity index (χ4v) is 3.62. The van der Waals surface area contributed by atoms with E-state index in [1.807, 2.05) is 12.1 Å². The number of hydrogen-bond acceptors (Lipinski definition) is 1. The zero-order valence-corrected chi connectivity index (χ0v) is 15.7. The van der Waals surface area contributed by atoms with Crippen LogP contribution in [0.25, 0.3) is 12.2 Å². The number of benzene rings is 3. The summed E-state index contributed by atoms with van der Waals surface area (Å²) in [6.45, 7) is 10.8. The summed E-state index contributed by atoms with van der Waals surface area (Å²) in [7, 11) is 0. The molecule has 0 unspecified atom stereocenters. The van der Waals surface area contributed by atoms with Crippen LogP contribution in [-0.4, -0.2) is 0 Å². The van der Waals surface area contributed by atoms with E-state index in [1.54, 1.807) is 0 Å². The van der Waals surface area contributed by atoms with Gasteiger partial charge in [-0.2, -0.15) is 0 Å². The molecule has 0 aromatic heterocycles. The Labute approximate surface area is 155 Å². The Kier molecular flexibility index (Phi) is 3.96. The predicted octanol–water partition coefficient (Wildman–Crippen LogP) is 5.04. The molecule has 3 aromatic carbocycles. The highest BCUT2D eigenvalue weighted by molar-refractivity contribution is 5.85. The molecule has 0 bridgehead atoms. The van der Waals surface area contributed by atoms with Crippen molar-refractivity contribution in [3.63, 3.8) is 0 Å². The van der Waals surface area contributed by atoms with Crippen molar-refractivity contribution >= 4 is 12.2 Å². The first-order chi connectivity index (χ1) is 12.4. The highest BCUT2D eigenvalue weighted by Gasteiger charge is 2.21. The van der Waals surface area contributed by atoms with Gasteiger partial charge in [-0.25, -0.2) is 0 Å². The SMILES string of the molecule is C=c1ccc2c(c1)Oc1cc(CC(C)(C)C)ccc1C=2c1ccccc1. The molecule has 1 aliphatic rings. The van der Waals surface area contributed by atoms with Crippen LogP contribution in [0.1, 0.15) is 37.5 Å². The Morgan fingerprint density at radius 2 is 1.62 bits per heavy atom. The van der Waals surface area contributed by atoms with Gasteiger partial charge in [-0.05, 0) is 40.3 Å². The summed E-state index contributed by atoms with van der Waals surface area (Å²) >= 11 is 0. The third-order valence-corrected chi connectivity index (χ3v) is 4.65. The lowest BCUT2D eigenvalue weighted by Gasteiger charge is -2.23. The number of hydrogen-bond donors (Lipinski definition) is 0. The molecule has 0 atom stereocenters. The van der Waals surface area contributed by atoms with Gasteiger partial charge in [-0.3, -0.25) is 0 Å². The third kappa shape index (κ3) is 3.17. The van der Waals surface area contributed by atoms with Gasteiger partial charge < -0.3 is 4.74 Å². The summed E-state index contributed by atoms with van der Waals surface area (Å²) in [5.41, 5.74) is 5.13. The molecular weight excluding hydrogens is 316 g/mol. The molecule has 0 fully saturated rings. The average Bonchev–Trinajstić information content (AvgIpc) is 2.59. The fraction of sp³-hybridized carbons (Fsp3) is 0.200. The summed E-state index contributed by atoms with van der Waals surface area (Å²) in [4.78, 5) is 0. The molecule has 1 heterocycles. The molecule has 26 heavy (non-hydrogen) atoms. The van der Waals surface area contributed by atoms with Gasteiger partial charge in [0.2, 0.25) is 0 Å². The average molecular weight is 340 g/mol. The van der Waals surface area contributed by atoms with Gasteiger partial charge in [-0.1, -0.05) is 81.9 Å². The van der Waals surface area contributed by atoms with Crippen molar-refractivity contribution in [3.05, 3.63) is 93.9 Å². The molecule has 130 valence electrons. The topological polar surface area (TPSA) is 9.23 Å². The van der Waals surface area contributed by atoms with Crippen molar-refractivity contribution in [2.24, 2.45) is 5.41 Å². The second kappa shape index (κ2) is 6.17. The van der Waals surface area contributed by atoms with E-state index in [2.05, 4.69) is 81.9 Å². The molecule has 1 nitrogen and oxygen atoms in total. The van der Waals surface area contributed by atoms with Crippen molar-refractivity contribution in [2.75, 3.05) is 0 Å². The van der Waals surface area contributed by atoms with Gasteiger partial charge in [0.15, 0.2) is 0 Å². The van der Waals surface area contributed by atoms with Crippen LogP contribution in [0.15, 0.2) is 66.7 Å². The van der Waals surface area contributed by atoms with E-state index in [9.17, 15) is 0 Å². The summed E-state index contributed by atoms with van der Waals surface area (Å²) in [5.74, 6) is 1.82. The van der Waals surface area contributed by atoms with Crippen molar-refractivity contribution in [2.45, 2.75) is 27.2 Å². The van der Waals surface area contributed by atoms with E-state index in [1.165, 1.54) is 16.7 Å². The van der Waals surface area contributed by atoms with Crippen LogP contribution in [0.2, 0.25) is 0 Å². The highest BCUT2D eigenvalue weighted by Crippen LogP contribution is 2.37. The van der Waals surface area contributed by atoms with Crippen LogP contribution in [0, 0.1) is 5.41 Å². The minimum absolute atomic E-state index is 0.243. The predicted molar refractivity (Wildman–Crippen MR) is 109 cm³/mol. The molecule has 4 rings (SSSR count). The lowest BCUT2D eigenvalue weighted by Crippen LogP contribution is -2.19. The number of fused-ring (bicyclic) bond motifs is 2. The van der Waals surface area contributed by atoms with E-state index in [0.717, 1.165) is 33.9 Å². The van der Waals surface area contributed by atoms with Crippen molar-refractivity contribution in [3.8, 4) is 11.5 Å². The van der Waals surface area contributed by atoms with Crippen LogP contribution in [0.3, 0.4) is 0 Å². The van der Waals surface area contributed by atoms with Crippen molar-refractivity contribution in [1.29, 1.82) is 0 Å². The number of rotatable bonds is 2. The summed E-state index contributed by atoms with van der Waals surface area (Å²) in [6, 6.07) is 23.4. The standard InChI is InChI=1S/C25H24O/c1-17-10-12-20-22(14-17)26-23-15-18(16-25(2,3)4)11-13-21(23)24(20)19-8-6-5-7-9-19/h5-15H,1,16H2,2-4H3. The first kappa shape index (κ1) is 16.7. The molecule has 0 N–H and O–H groups in total. The van der Waals surface area contributed by atoms with E-state index >= 15 is 0 Å². The smallest absolute Gasteiger partial charge is 0.135 e. The molecular formula is C25H24O. The van der Waals surface area contributed by atoms with E-state index in [-0.39, 0.29) is 5.41 Å². The number of ether oxygens (including phenoxy) is 1. The molecule has 0 radical (unpaired) electrons. The zero-order chi connectivity index (χ0) is 18.3. The van der Waals surface area contributed by atoms with Crippen LogP contribution >= 0.6 is 0 Å². The molecule has 0 saturated carbocycles. The van der Waals surface area contributed by atoms with E-state index in [0.29, 0.717) is 0 Å². The minimum atomic E-state index is 0.243. The first-order valence-corrected chi connectivity index (χ1v) is 9.11. The summed E-state index contributed by atoms with van der Waals surface area (Å²) < 4.78 is 6.30. The maximum absolute atomic E-state index is 6.30.